The second-order valence-corrected chi connectivity index (χ2v) is 8.57. The fourth-order valence-electron chi connectivity index (χ4n) is 2.89. The molecule has 11 heteroatoms. The summed E-state index contributed by atoms with van der Waals surface area (Å²) in [6, 6.07) is 2.11. The number of ether oxygens (including phenoxy) is 3. The number of hydrogen-bond donors (Lipinski definition) is 1. The number of rotatable bonds is 9. The number of carbonyl (C=O) groups excluding carboxylic acids is 2. The molecule has 170 valence electrons. The van der Waals surface area contributed by atoms with E-state index in [-0.39, 0.29) is 40.4 Å². The van der Waals surface area contributed by atoms with E-state index in [0.29, 0.717) is 5.04 Å². The van der Waals surface area contributed by atoms with Crippen molar-refractivity contribution in [3.05, 3.63) is 27.8 Å². The van der Waals surface area contributed by atoms with Crippen LogP contribution in [0.4, 0.5) is 10.5 Å². The number of nitro groups is 1. The number of alkyl carbamates (subject to hydrolysis) is 1. The van der Waals surface area contributed by atoms with Gasteiger partial charge >= 0.3 is 6.09 Å². The highest BCUT2D eigenvalue weighted by atomic mass is 32.2. The van der Waals surface area contributed by atoms with Gasteiger partial charge in [0.15, 0.2) is 11.5 Å². The third kappa shape index (κ3) is 5.66. The minimum absolute atomic E-state index is 0.00378. The number of nitrogens with zero attached hydrogens (tertiary/aromatic N) is 2. The van der Waals surface area contributed by atoms with E-state index in [2.05, 4.69) is 10.3 Å². The van der Waals surface area contributed by atoms with E-state index in [1.807, 2.05) is 13.8 Å². The first-order chi connectivity index (χ1) is 14.5. The molecule has 0 aromatic heterocycles. The van der Waals surface area contributed by atoms with Crippen LogP contribution in [0.1, 0.15) is 39.7 Å². The molecule has 1 N–H and O–H groups in total. The Balaban J connectivity index is 2.18. The number of nitro benzene ring substituents is 1. The summed E-state index contributed by atoms with van der Waals surface area (Å²) in [5, 5.41) is 14.6. The molecule has 2 rings (SSSR count). The van der Waals surface area contributed by atoms with E-state index in [0.717, 1.165) is 18.2 Å². The number of nitrogens with one attached hydrogen (secondary N) is 1. The van der Waals surface area contributed by atoms with Gasteiger partial charge < -0.3 is 19.5 Å². The minimum atomic E-state index is -0.850. The van der Waals surface area contributed by atoms with Crippen LogP contribution in [-0.2, 0) is 16.1 Å². The summed E-state index contributed by atoms with van der Waals surface area (Å²) in [6.45, 7) is 6.99. The molecular formula is C20H27N3O7S. The van der Waals surface area contributed by atoms with Crippen LogP contribution in [0, 0.1) is 16.0 Å². The van der Waals surface area contributed by atoms with E-state index < -0.39 is 22.6 Å². The van der Waals surface area contributed by atoms with Gasteiger partial charge in [-0.15, -0.1) is 0 Å². The first-order valence-electron chi connectivity index (χ1n) is 9.68. The SMILES string of the molecule is CCC(C)[C@H](NC(=O)OCc1cc(OC)c(OC)cc1[N+](=O)[O-])C1=NC(C)(C)C(=O)S1. The Hall–Kier alpha value is -2.82. The van der Waals surface area contributed by atoms with E-state index in [1.165, 1.54) is 26.4 Å². The molecule has 1 aromatic carbocycles. The van der Waals surface area contributed by atoms with Gasteiger partial charge in [-0.2, -0.15) is 0 Å². The molecule has 1 amide bonds. The van der Waals surface area contributed by atoms with Crippen molar-refractivity contribution in [1.82, 2.24) is 5.32 Å². The molecular weight excluding hydrogens is 426 g/mol. The number of benzene rings is 1. The van der Waals surface area contributed by atoms with Crippen LogP contribution in [0.25, 0.3) is 0 Å². The van der Waals surface area contributed by atoms with E-state index in [4.69, 9.17) is 14.2 Å². The molecule has 1 unspecified atom stereocenters. The summed E-state index contributed by atoms with van der Waals surface area (Å²) < 4.78 is 15.5. The zero-order chi connectivity index (χ0) is 23.3. The molecule has 0 radical (unpaired) electrons. The predicted octanol–water partition coefficient (Wildman–Crippen LogP) is 3.70. The number of aliphatic imine (C=N–C) groups is 1. The van der Waals surface area contributed by atoms with Crippen LogP contribution in [0.2, 0.25) is 0 Å². The molecule has 0 bridgehead atoms. The van der Waals surface area contributed by atoms with Crippen molar-refractivity contribution in [1.29, 1.82) is 0 Å². The van der Waals surface area contributed by atoms with Crippen molar-refractivity contribution in [2.75, 3.05) is 14.2 Å². The highest BCUT2D eigenvalue weighted by Crippen LogP contribution is 2.35. The quantitative estimate of drug-likeness (QED) is 0.442. The van der Waals surface area contributed by atoms with Gasteiger partial charge in [-0.05, 0) is 37.6 Å². The van der Waals surface area contributed by atoms with Crippen molar-refractivity contribution in [3.8, 4) is 11.5 Å². The maximum absolute atomic E-state index is 12.5. The Kier molecular flexibility index (Phi) is 7.88. The molecule has 0 aliphatic carbocycles. The van der Waals surface area contributed by atoms with Gasteiger partial charge in [0.2, 0.25) is 5.12 Å². The lowest BCUT2D eigenvalue weighted by molar-refractivity contribution is -0.385. The van der Waals surface area contributed by atoms with E-state index >= 15 is 0 Å². The van der Waals surface area contributed by atoms with Gasteiger partial charge in [-0.3, -0.25) is 19.9 Å². The lowest BCUT2D eigenvalue weighted by Crippen LogP contribution is -2.44. The standard InChI is InChI=1S/C20H27N3O7S/c1-7-11(2)16(17-22-20(3,4)18(24)31-17)21-19(25)30-10-12-8-14(28-5)15(29-6)9-13(12)23(26)27/h8-9,11,16H,7,10H2,1-6H3,(H,21,25)/t11?,16-/m0/s1. The zero-order valence-electron chi connectivity index (χ0n) is 18.4. The third-order valence-electron chi connectivity index (χ3n) is 4.98. The van der Waals surface area contributed by atoms with Crippen molar-refractivity contribution < 1.29 is 28.7 Å². The maximum Gasteiger partial charge on any atom is 0.408 e. The monoisotopic (exact) mass is 453 g/mol. The first-order valence-corrected chi connectivity index (χ1v) is 10.5. The van der Waals surface area contributed by atoms with Crippen LogP contribution in [0.3, 0.4) is 0 Å². The summed E-state index contributed by atoms with van der Waals surface area (Å²) >= 11 is 1.02. The van der Waals surface area contributed by atoms with E-state index in [1.54, 1.807) is 13.8 Å². The van der Waals surface area contributed by atoms with Crippen molar-refractivity contribution in [2.45, 2.75) is 52.3 Å². The van der Waals surface area contributed by atoms with Crippen molar-refractivity contribution >= 4 is 33.7 Å². The lowest BCUT2D eigenvalue weighted by atomic mass is 9.99. The highest BCUT2D eigenvalue weighted by Gasteiger charge is 2.40. The van der Waals surface area contributed by atoms with Gasteiger partial charge in [0.05, 0.1) is 41.9 Å². The van der Waals surface area contributed by atoms with E-state index in [9.17, 15) is 19.7 Å². The molecule has 1 aromatic rings. The van der Waals surface area contributed by atoms with Crippen molar-refractivity contribution in [2.24, 2.45) is 10.9 Å². The third-order valence-corrected chi connectivity index (χ3v) is 6.22. The van der Waals surface area contributed by atoms with Crippen LogP contribution in [0.5, 0.6) is 11.5 Å². The maximum atomic E-state index is 12.5. The molecule has 0 spiro atoms. The Labute approximate surface area is 184 Å². The number of thioether (sulfide) groups is 1. The van der Waals surface area contributed by atoms with Crippen molar-refractivity contribution in [3.63, 3.8) is 0 Å². The second-order valence-electron chi connectivity index (χ2n) is 7.58. The van der Waals surface area contributed by atoms with Gasteiger partial charge in [-0.25, -0.2) is 4.79 Å². The molecule has 2 atom stereocenters. The number of methoxy groups -OCH3 is 2. The fraction of sp³-hybridized carbons (Fsp3) is 0.550. The van der Waals surface area contributed by atoms with Crippen LogP contribution in [0.15, 0.2) is 17.1 Å². The van der Waals surface area contributed by atoms with Gasteiger partial charge in [0.25, 0.3) is 5.69 Å². The Morgan fingerprint density at radius 2 is 1.90 bits per heavy atom. The number of hydrogen-bond acceptors (Lipinski definition) is 9. The number of amides is 1. The average Bonchev–Trinajstić information content (AvgIpc) is 3.00. The summed E-state index contributed by atoms with van der Waals surface area (Å²) in [5.74, 6) is 0.473. The lowest BCUT2D eigenvalue weighted by Gasteiger charge is -2.23. The van der Waals surface area contributed by atoms with Crippen LogP contribution < -0.4 is 14.8 Å². The summed E-state index contributed by atoms with van der Waals surface area (Å²) in [4.78, 5) is 39.9. The first kappa shape index (κ1) is 24.4. The Bertz CT molecular complexity index is 901. The number of carbonyl (C=O) groups is 2. The second kappa shape index (κ2) is 9.99. The smallest absolute Gasteiger partial charge is 0.408 e. The van der Waals surface area contributed by atoms with Crippen LogP contribution >= 0.6 is 11.8 Å². The molecule has 0 saturated carbocycles. The predicted molar refractivity (Wildman–Crippen MR) is 117 cm³/mol. The van der Waals surface area contributed by atoms with Gasteiger partial charge in [0.1, 0.15) is 12.1 Å². The molecule has 31 heavy (non-hydrogen) atoms. The zero-order valence-corrected chi connectivity index (χ0v) is 19.2. The van der Waals surface area contributed by atoms with Crippen LogP contribution in [-0.4, -0.2) is 47.0 Å². The minimum Gasteiger partial charge on any atom is -0.493 e. The largest absolute Gasteiger partial charge is 0.493 e. The fourth-order valence-corrected chi connectivity index (χ4v) is 4.07. The molecule has 0 saturated heterocycles. The Morgan fingerprint density at radius 1 is 1.29 bits per heavy atom. The summed E-state index contributed by atoms with van der Waals surface area (Å²) in [6.07, 6.45) is -0.0323. The molecule has 10 nitrogen and oxygen atoms in total. The van der Waals surface area contributed by atoms with Gasteiger partial charge in [0, 0.05) is 0 Å². The average molecular weight is 454 g/mol. The summed E-state index contributed by atoms with van der Waals surface area (Å²) in [7, 11) is 2.77. The topological polar surface area (TPSA) is 129 Å². The van der Waals surface area contributed by atoms with Gasteiger partial charge in [-0.1, -0.05) is 20.3 Å². The molecule has 1 aliphatic rings. The summed E-state index contributed by atoms with van der Waals surface area (Å²) in [5.41, 5.74) is -0.953. The highest BCUT2D eigenvalue weighted by molar-refractivity contribution is 8.27. The normalized spacial score (nSPS) is 16.8. The molecule has 0 fully saturated rings. The Morgan fingerprint density at radius 3 is 2.39 bits per heavy atom. The molecule has 1 aliphatic heterocycles. The molecule has 1 heterocycles.